The number of aryl methyl sites for hydroxylation is 1. The number of ether oxygens (including phenoxy) is 1. The van der Waals surface area contributed by atoms with Crippen LogP contribution in [0.3, 0.4) is 0 Å². The summed E-state index contributed by atoms with van der Waals surface area (Å²) in [6.45, 7) is 4.25. The van der Waals surface area contributed by atoms with Gasteiger partial charge in [-0.3, -0.25) is 23.9 Å². The molecular formula is C45H49Br3FIN15O9S-. The van der Waals surface area contributed by atoms with Gasteiger partial charge in [-0.15, -0.1) is 10.2 Å². The van der Waals surface area contributed by atoms with E-state index in [1.165, 1.54) is 24.9 Å². The average Bonchev–Trinajstić information content (AvgIpc) is 3.94. The van der Waals surface area contributed by atoms with Crippen LogP contribution in [0.5, 0.6) is 0 Å². The molecule has 8 rings (SSSR count). The number of anilines is 2. The van der Waals surface area contributed by atoms with Crippen molar-refractivity contribution in [2.45, 2.75) is 47.1 Å². The molecule has 7 aromatic rings. The Morgan fingerprint density at radius 3 is 1.87 bits per heavy atom. The minimum absolute atomic E-state index is 0. The van der Waals surface area contributed by atoms with E-state index in [-0.39, 0.29) is 61.9 Å². The summed E-state index contributed by atoms with van der Waals surface area (Å²) >= 11 is 9.74. The van der Waals surface area contributed by atoms with Crippen molar-refractivity contribution in [1.82, 2.24) is 39.6 Å². The van der Waals surface area contributed by atoms with Gasteiger partial charge in [0.25, 0.3) is 0 Å². The van der Waals surface area contributed by atoms with Crippen LogP contribution >= 0.6 is 47.8 Å². The number of benzene rings is 2. The van der Waals surface area contributed by atoms with Gasteiger partial charge >= 0.3 is 22.3 Å². The Hall–Kier alpha value is -6.69. The minimum Gasteiger partial charge on any atom is -1.00 e. The number of halogens is 5. The van der Waals surface area contributed by atoms with Gasteiger partial charge < -0.3 is 45.4 Å². The zero-order valence-electron chi connectivity index (χ0n) is 38.9. The van der Waals surface area contributed by atoms with Crippen molar-refractivity contribution in [3.8, 4) is 23.3 Å². The van der Waals surface area contributed by atoms with E-state index in [4.69, 9.17) is 37.6 Å². The molecule has 0 spiro atoms. The van der Waals surface area contributed by atoms with Crippen LogP contribution in [0.2, 0.25) is 0 Å². The predicted molar refractivity (Wildman–Crippen MR) is 282 cm³/mol. The van der Waals surface area contributed by atoms with Gasteiger partial charge in [0.15, 0.2) is 23.4 Å². The number of aromatic nitrogens is 7. The first-order chi connectivity index (χ1) is 34.6. The molecule has 1 atom stereocenters. The largest absolute Gasteiger partial charge is 1.00 e. The van der Waals surface area contributed by atoms with E-state index in [0.29, 0.717) is 22.9 Å². The second kappa shape index (κ2) is 34.7. The van der Waals surface area contributed by atoms with E-state index in [2.05, 4.69) is 94.2 Å². The molecule has 1 aliphatic heterocycles. The Bertz CT molecular complexity index is 3230. The van der Waals surface area contributed by atoms with Crippen molar-refractivity contribution in [1.29, 1.82) is 10.5 Å². The summed E-state index contributed by atoms with van der Waals surface area (Å²) in [7, 11) is -4.38. The van der Waals surface area contributed by atoms with Crippen LogP contribution in [0, 0.1) is 35.4 Å². The molecule has 0 fully saturated rings. The molecule has 2 aromatic carbocycles. The molecule has 0 saturated carbocycles. The average molecular weight is 1360 g/mol. The van der Waals surface area contributed by atoms with Crippen molar-refractivity contribution in [3.63, 3.8) is 0 Å². The topological polar surface area (TPSA) is 398 Å². The summed E-state index contributed by atoms with van der Waals surface area (Å²) in [5.74, 6) is 12.2. The quantitative estimate of drug-likeness (QED) is 0.0314. The second-order valence-corrected chi connectivity index (χ2v) is 17.6. The molecular weight excluding hydrogens is 1310 g/mol. The Balaban J connectivity index is 0.000000971. The number of nitriles is 2. The number of hydrazine groups is 1. The first-order valence-corrected chi connectivity index (χ1v) is 23.8. The maximum absolute atomic E-state index is 13.9. The van der Waals surface area contributed by atoms with Crippen LogP contribution in [0.4, 0.5) is 16.0 Å². The number of carbonyl (C=O) groups is 3. The lowest BCUT2D eigenvalue weighted by Gasteiger charge is -2.21. The van der Waals surface area contributed by atoms with Crippen LogP contribution < -0.4 is 53.1 Å². The summed E-state index contributed by atoms with van der Waals surface area (Å²) in [5.41, 5.74) is 17.6. The third kappa shape index (κ3) is 23.6. The number of fused-ring (bicyclic) bond motifs is 2. The second-order valence-electron chi connectivity index (χ2n) is 13.9. The van der Waals surface area contributed by atoms with Crippen LogP contribution in [0.15, 0.2) is 129 Å². The molecule has 0 amide bonds. The monoisotopic (exact) mass is 1360 g/mol. The molecule has 1 aliphatic rings. The molecule has 6 heterocycles. The standard InChI is InChI=1S/C22H19FN4O.C6H5BrN4.C6H6BrN3.C6H3BrN2.C4H6O3.CH4.HI.H3NO4S.H3NO/c1-14-4-9-20(23)17(11-14)13-18(28)12-15-5-7-16(8-6-15)19-3-2-10-27-21(19)22(24)25-26-27;7-4-2-1-3-11-5(4)6(8)9-10-11;7-5-2-1-3-10(9)6(5)4-8;7-5-2-1-3-9-6(5)4-8;1-3(5)7-4(2)6;;;1-5-6(2,3)4;1-2/h2-11H,12-13,24H2,1H3;1-3H,8H2;1-3,6H,9H2;1-3H;1-2H3;1H4;1H;1H2,(H,2,3,4);2H,1H2/p-1. The van der Waals surface area contributed by atoms with E-state index >= 15 is 0 Å². The fourth-order valence-electron chi connectivity index (χ4n) is 5.63. The number of allylic oxidation sites excluding steroid dienone is 2. The summed E-state index contributed by atoms with van der Waals surface area (Å²) in [5, 5.41) is 40.2. The van der Waals surface area contributed by atoms with Crippen molar-refractivity contribution >= 4 is 98.6 Å². The van der Waals surface area contributed by atoms with Crippen molar-refractivity contribution in [2.75, 3.05) is 11.5 Å². The van der Waals surface area contributed by atoms with Gasteiger partial charge in [-0.25, -0.2) is 30.1 Å². The SMILES string of the molecule is C.CC(=O)OC(C)=O.Cc1ccc(F)c(CC(=O)Cc2ccc(-c3cccn4nnc(N)c34)cc2)c1.N#CC1C(Br)=CC=CN1N.N#Cc1ncccc1Br.NO.NOS(=O)(=O)O.Nc1nnn2cccc(Br)c12.[I-]. The number of carbonyl (C=O) groups excluding carboxylic acids is 3. The van der Waals surface area contributed by atoms with E-state index in [1.807, 2.05) is 67.6 Å². The van der Waals surface area contributed by atoms with E-state index in [1.54, 1.807) is 70.2 Å². The number of pyridine rings is 3. The Kier molecular flexibility index (Phi) is 31.6. The molecule has 5 aromatic heterocycles. The number of rotatable bonds is 6. The molecule has 30 heteroatoms. The highest BCUT2D eigenvalue weighted by atomic mass is 127. The fraction of sp³-hybridized carbons (Fsp3) is 0.156. The molecule has 400 valence electrons. The summed E-state index contributed by atoms with van der Waals surface area (Å²) in [6, 6.07) is 27.3. The minimum atomic E-state index is -4.38. The Morgan fingerprint density at radius 2 is 1.40 bits per heavy atom. The van der Waals surface area contributed by atoms with Gasteiger partial charge in [-0.05, 0) is 104 Å². The number of nitrogens with two attached hydrogens (primary N) is 5. The van der Waals surface area contributed by atoms with Gasteiger partial charge in [-0.2, -0.15) is 29.1 Å². The van der Waals surface area contributed by atoms with Crippen molar-refractivity contribution in [3.05, 3.63) is 157 Å². The normalized spacial score (nSPS) is 11.6. The van der Waals surface area contributed by atoms with E-state index < -0.39 is 22.3 Å². The van der Waals surface area contributed by atoms with Gasteiger partial charge in [0, 0.05) is 66.0 Å². The van der Waals surface area contributed by atoms with Crippen LogP contribution in [-0.4, -0.2) is 81.6 Å². The fourth-order valence-corrected chi connectivity index (χ4v) is 7.00. The van der Waals surface area contributed by atoms with Gasteiger partial charge in [0.05, 0.1) is 10.5 Å². The van der Waals surface area contributed by atoms with Gasteiger partial charge in [0.2, 0.25) is 0 Å². The molecule has 24 nitrogen and oxygen atoms in total. The van der Waals surface area contributed by atoms with E-state index in [9.17, 15) is 27.2 Å². The number of nitrogen functional groups attached to an aromatic ring is 2. The zero-order valence-corrected chi connectivity index (χ0v) is 46.6. The third-order valence-electron chi connectivity index (χ3n) is 8.61. The smallest absolute Gasteiger partial charge is 0.413 e. The van der Waals surface area contributed by atoms with E-state index in [0.717, 1.165) is 46.7 Å². The molecule has 0 saturated heterocycles. The molecule has 0 bridgehead atoms. The zero-order chi connectivity index (χ0) is 54.8. The van der Waals surface area contributed by atoms with Gasteiger partial charge in [0.1, 0.15) is 28.7 Å². The molecule has 1 unspecified atom stereocenters. The molecule has 75 heavy (non-hydrogen) atoms. The maximum Gasteiger partial charge on any atom is 0.413 e. The van der Waals surface area contributed by atoms with Crippen LogP contribution in [0.25, 0.3) is 22.2 Å². The first kappa shape index (κ1) is 68.3. The highest BCUT2D eigenvalue weighted by Gasteiger charge is 2.17. The summed E-state index contributed by atoms with van der Waals surface area (Å²) in [4.78, 5) is 35.8. The Labute approximate surface area is 472 Å². The first-order valence-electron chi connectivity index (χ1n) is 20.1. The predicted octanol–water partition coefficient (Wildman–Crippen LogP) is 3.18. The summed E-state index contributed by atoms with van der Waals surface area (Å²) < 4.78 is 52.4. The van der Waals surface area contributed by atoms with Crippen molar-refractivity contribution < 1.29 is 69.9 Å². The lowest BCUT2D eigenvalue weighted by atomic mass is 9.98. The lowest BCUT2D eigenvalue weighted by molar-refractivity contribution is -0.156. The number of nitrogens with zero attached hydrogens (tertiary/aromatic N) is 10. The van der Waals surface area contributed by atoms with Crippen molar-refractivity contribution in [2.24, 2.45) is 17.6 Å². The summed E-state index contributed by atoms with van der Waals surface area (Å²) in [6.07, 6.45) is 10.8. The number of hydrogen-bond acceptors (Lipinski definition) is 21. The molecule has 0 radical (unpaired) electrons. The molecule has 12 N–H and O–H groups in total. The Morgan fingerprint density at radius 1 is 0.853 bits per heavy atom. The highest BCUT2D eigenvalue weighted by Crippen LogP contribution is 2.28. The van der Waals surface area contributed by atoms with Crippen LogP contribution in [0.1, 0.15) is 43.7 Å². The third-order valence-corrected chi connectivity index (χ3v) is 10.8. The lowest BCUT2D eigenvalue weighted by Crippen LogP contribution is -3.00. The molecule has 0 aliphatic carbocycles. The van der Waals surface area contributed by atoms with Crippen LogP contribution in [-0.2, 0) is 46.6 Å². The number of esters is 2. The highest BCUT2D eigenvalue weighted by molar-refractivity contribution is 9.11. The number of Topliss-reactive ketones (excluding diaryl/α,β-unsaturated/α-hetero) is 1. The number of hydrogen-bond donors (Lipinski definition) is 7. The number of ketones is 1. The van der Waals surface area contributed by atoms with Gasteiger partial charge in [-0.1, -0.05) is 81.8 Å². The maximum atomic E-state index is 13.9.